The molecule has 2 N–H and O–H groups in total. The van der Waals surface area contributed by atoms with E-state index in [1.165, 1.54) is 7.11 Å². The van der Waals surface area contributed by atoms with Gasteiger partial charge >= 0.3 is 23.5 Å². The van der Waals surface area contributed by atoms with Crippen molar-refractivity contribution in [1.82, 2.24) is 29.9 Å². The fraction of sp³-hybridized carbons (Fsp3) is 0.476. The molecule has 176 valence electrons. The van der Waals surface area contributed by atoms with Crippen molar-refractivity contribution in [2.75, 3.05) is 33.5 Å². The maximum absolute atomic E-state index is 13.2. The molecule has 2 amide bonds. The molecule has 12 heteroatoms. The number of nitrogens with one attached hydrogen (secondary N) is 2. The molecule has 12 nitrogen and oxygen atoms in total. The number of imidazole rings is 1. The molecule has 4 rings (SSSR count). The van der Waals surface area contributed by atoms with Crippen molar-refractivity contribution < 1.29 is 23.6 Å². The van der Waals surface area contributed by atoms with Crippen molar-refractivity contribution in [1.29, 1.82) is 0 Å². The zero-order valence-electron chi connectivity index (χ0n) is 18.3. The number of ether oxygens (including phenoxy) is 2. The lowest BCUT2D eigenvalue weighted by Crippen LogP contribution is -2.37. The molecule has 3 aromatic rings. The molecule has 1 saturated heterocycles. The molecule has 0 atom stereocenters. The van der Waals surface area contributed by atoms with Gasteiger partial charge in [0, 0.05) is 33.4 Å². The van der Waals surface area contributed by atoms with Crippen LogP contribution in [-0.4, -0.2) is 64.7 Å². The lowest BCUT2D eigenvalue weighted by Gasteiger charge is -2.22. The van der Waals surface area contributed by atoms with Gasteiger partial charge in [-0.1, -0.05) is 17.3 Å². The summed E-state index contributed by atoms with van der Waals surface area (Å²) in [5.74, 6) is -0.337. The number of para-hydroxylation sites is 2. The third kappa shape index (κ3) is 5.12. The summed E-state index contributed by atoms with van der Waals surface area (Å²) in [4.78, 5) is 42.0. The number of methoxy groups -OCH3 is 1. The summed E-state index contributed by atoms with van der Waals surface area (Å²) in [6.07, 6.45) is 1.74. The van der Waals surface area contributed by atoms with Gasteiger partial charge in [-0.3, -0.25) is 9.36 Å². The average Bonchev–Trinajstić information content (AvgIpc) is 3.42. The fourth-order valence-corrected chi connectivity index (χ4v) is 3.76. The number of nitrogens with zero attached hydrogens (tertiary/aromatic N) is 4. The SMILES string of the molecule is COCCNC(=O)c1nc(CNC(=O)n2c(=O)n(CC3CCOCC3)c3ccccc32)no1. The van der Waals surface area contributed by atoms with Gasteiger partial charge in [0.25, 0.3) is 0 Å². The number of rotatable bonds is 8. The standard InChI is InChI=1S/C21H26N6O6/c1-31-11-8-22-18(28)19-24-17(25-33-19)12-23-20(29)27-16-5-3-2-4-15(16)26(21(27)30)13-14-6-9-32-10-7-14/h2-5,14H,6-13H2,1H3,(H,22,28)(H,23,29). The van der Waals surface area contributed by atoms with E-state index >= 15 is 0 Å². The Morgan fingerprint density at radius 3 is 2.70 bits per heavy atom. The van der Waals surface area contributed by atoms with Crippen LogP contribution in [0.15, 0.2) is 33.6 Å². The van der Waals surface area contributed by atoms with Crippen LogP contribution in [0.3, 0.4) is 0 Å². The summed E-state index contributed by atoms with van der Waals surface area (Å²) in [5, 5.41) is 8.89. The van der Waals surface area contributed by atoms with Crippen molar-refractivity contribution in [3.05, 3.63) is 46.5 Å². The fourth-order valence-electron chi connectivity index (χ4n) is 3.76. The Hall–Kier alpha value is -3.51. The highest BCUT2D eigenvalue weighted by molar-refractivity contribution is 5.90. The van der Waals surface area contributed by atoms with Gasteiger partial charge in [-0.15, -0.1) is 0 Å². The van der Waals surface area contributed by atoms with Crippen molar-refractivity contribution in [2.24, 2.45) is 5.92 Å². The summed E-state index contributed by atoms with van der Waals surface area (Å²) in [5.41, 5.74) is 0.795. The summed E-state index contributed by atoms with van der Waals surface area (Å²) in [6.45, 7) is 2.41. The number of carbonyl (C=O) groups is 2. The first-order chi connectivity index (χ1) is 16.1. The van der Waals surface area contributed by atoms with E-state index in [-0.39, 0.29) is 18.3 Å². The minimum atomic E-state index is -0.613. The van der Waals surface area contributed by atoms with Gasteiger partial charge in [-0.2, -0.15) is 4.98 Å². The number of carbonyl (C=O) groups excluding carboxylic acids is 2. The third-order valence-corrected chi connectivity index (χ3v) is 5.47. The summed E-state index contributed by atoms with van der Waals surface area (Å²) in [6, 6.07) is 6.56. The molecule has 1 fully saturated rings. The van der Waals surface area contributed by atoms with Crippen LogP contribution >= 0.6 is 0 Å². The van der Waals surface area contributed by atoms with E-state index in [4.69, 9.17) is 14.0 Å². The zero-order valence-corrected chi connectivity index (χ0v) is 18.3. The van der Waals surface area contributed by atoms with Gasteiger partial charge in [0.1, 0.15) is 0 Å². The molecule has 0 aliphatic carbocycles. The van der Waals surface area contributed by atoms with Crippen LogP contribution in [0.5, 0.6) is 0 Å². The van der Waals surface area contributed by atoms with Crippen LogP contribution in [0.2, 0.25) is 0 Å². The third-order valence-electron chi connectivity index (χ3n) is 5.47. The molecule has 1 aromatic carbocycles. The maximum Gasteiger partial charge on any atom is 0.337 e. The van der Waals surface area contributed by atoms with Gasteiger partial charge < -0.3 is 24.6 Å². The van der Waals surface area contributed by atoms with Crippen LogP contribution in [0.1, 0.15) is 29.4 Å². The first-order valence-corrected chi connectivity index (χ1v) is 10.7. The first kappa shape index (κ1) is 22.7. The van der Waals surface area contributed by atoms with Gasteiger partial charge in [-0.05, 0) is 30.9 Å². The number of hydrogen-bond acceptors (Lipinski definition) is 8. The van der Waals surface area contributed by atoms with Crippen LogP contribution < -0.4 is 16.3 Å². The number of hydrogen-bond donors (Lipinski definition) is 2. The monoisotopic (exact) mass is 458 g/mol. The highest BCUT2D eigenvalue weighted by Gasteiger charge is 2.22. The van der Waals surface area contributed by atoms with Gasteiger partial charge in [0.2, 0.25) is 0 Å². The highest BCUT2D eigenvalue weighted by atomic mass is 16.5. The predicted molar refractivity (Wildman–Crippen MR) is 116 cm³/mol. The molecule has 33 heavy (non-hydrogen) atoms. The van der Waals surface area contributed by atoms with Crippen molar-refractivity contribution in [2.45, 2.75) is 25.9 Å². The highest BCUT2D eigenvalue weighted by Crippen LogP contribution is 2.20. The van der Waals surface area contributed by atoms with E-state index in [2.05, 4.69) is 20.8 Å². The average molecular weight is 458 g/mol. The van der Waals surface area contributed by atoms with Crippen LogP contribution in [0.25, 0.3) is 11.0 Å². The van der Waals surface area contributed by atoms with Gasteiger partial charge in [0.05, 0.1) is 24.2 Å². The molecule has 3 heterocycles. The Morgan fingerprint density at radius 2 is 1.94 bits per heavy atom. The van der Waals surface area contributed by atoms with Gasteiger partial charge in [0.15, 0.2) is 5.82 Å². The molecule has 0 saturated carbocycles. The Bertz CT molecular complexity index is 1180. The first-order valence-electron chi connectivity index (χ1n) is 10.7. The number of benzene rings is 1. The number of aromatic nitrogens is 4. The molecular weight excluding hydrogens is 432 g/mol. The molecular formula is C21H26N6O6. The van der Waals surface area contributed by atoms with E-state index in [1.807, 2.05) is 12.1 Å². The minimum Gasteiger partial charge on any atom is -0.383 e. The van der Waals surface area contributed by atoms with E-state index in [0.717, 1.165) is 17.4 Å². The second-order valence-corrected chi connectivity index (χ2v) is 7.70. The topological polar surface area (TPSA) is 143 Å². The van der Waals surface area contributed by atoms with Crippen LogP contribution in [-0.2, 0) is 22.6 Å². The minimum absolute atomic E-state index is 0.110. The normalized spacial score (nSPS) is 14.5. The van der Waals surface area contributed by atoms with Crippen molar-refractivity contribution in [3.8, 4) is 0 Å². The van der Waals surface area contributed by atoms with Crippen molar-refractivity contribution in [3.63, 3.8) is 0 Å². The Morgan fingerprint density at radius 1 is 1.18 bits per heavy atom. The summed E-state index contributed by atoms with van der Waals surface area (Å²) in [7, 11) is 1.52. The van der Waals surface area contributed by atoms with E-state index in [0.29, 0.717) is 49.9 Å². The molecule has 0 spiro atoms. The summed E-state index contributed by atoms with van der Waals surface area (Å²) >= 11 is 0. The second-order valence-electron chi connectivity index (χ2n) is 7.70. The maximum atomic E-state index is 13.2. The van der Waals surface area contributed by atoms with E-state index < -0.39 is 17.6 Å². The lowest BCUT2D eigenvalue weighted by molar-refractivity contribution is 0.0613. The second kappa shape index (κ2) is 10.4. The van der Waals surface area contributed by atoms with Crippen molar-refractivity contribution >= 4 is 23.0 Å². The molecule has 1 aliphatic rings. The molecule has 2 aromatic heterocycles. The van der Waals surface area contributed by atoms with Gasteiger partial charge in [-0.25, -0.2) is 14.2 Å². The largest absolute Gasteiger partial charge is 0.383 e. The zero-order chi connectivity index (χ0) is 23.2. The van der Waals surface area contributed by atoms with E-state index in [9.17, 15) is 14.4 Å². The lowest BCUT2D eigenvalue weighted by atomic mass is 10.0. The van der Waals surface area contributed by atoms with Crippen LogP contribution in [0.4, 0.5) is 4.79 Å². The molecule has 1 aliphatic heterocycles. The Labute approximate surface area is 188 Å². The number of amides is 2. The Kier molecular flexibility index (Phi) is 7.15. The van der Waals surface area contributed by atoms with E-state index in [1.54, 1.807) is 16.7 Å². The molecule has 0 bridgehead atoms. The number of fused-ring (bicyclic) bond motifs is 1. The quantitative estimate of drug-likeness (QED) is 0.471. The summed E-state index contributed by atoms with van der Waals surface area (Å²) < 4.78 is 17.9. The smallest absolute Gasteiger partial charge is 0.337 e. The predicted octanol–water partition coefficient (Wildman–Crippen LogP) is 0.747. The van der Waals surface area contributed by atoms with Crippen LogP contribution in [0, 0.1) is 5.92 Å². The molecule has 0 unspecified atom stereocenters. The molecule has 0 radical (unpaired) electrons. The Balaban J connectivity index is 1.47.